The van der Waals surface area contributed by atoms with Gasteiger partial charge in [0.15, 0.2) is 5.69 Å². The Balaban J connectivity index is 1.22. The number of hydrogen-bond donors (Lipinski definition) is 1. The van der Waals surface area contributed by atoms with E-state index in [1.165, 1.54) is 0 Å². The van der Waals surface area contributed by atoms with E-state index in [4.69, 9.17) is 16.3 Å². The van der Waals surface area contributed by atoms with Crippen LogP contribution >= 0.6 is 11.6 Å². The summed E-state index contributed by atoms with van der Waals surface area (Å²) in [7, 11) is 0. The minimum Gasteiger partial charge on any atom is -0.476 e. The number of aromatic nitrogens is 2. The van der Waals surface area contributed by atoms with Gasteiger partial charge in [0.25, 0.3) is 0 Å². The molecule has 0 bridgehead atoms. The molecule has 0 saturated heterocycles. The van der Waals surface area contributed by atoms with Crippen molar-refractivity contribution in [1.29, 1.82) is 0 Å². The van der Waals surface area contributed by atoms with E-state index < -0.39 is 12.1 Å². The second kappa shape index (κ2) is 8.84. The summed E-state index contributed by atoms with van der Waals surface area (Å²) in [6, 6.07) is 23.4. The van der Waals surface area contributed by atoms with Gasteiger partial charge in [-0.25, -0.2) is 14.3 Å². The van der Waals surface area contributed by atoms with Gasteiger partial charge in [-0.1, -0.05) is 60.1 Å². The average molecular weight is 500 g/mol. The molecule has 8 heteroatoms. The van der Waals surface area contributed by atoms with E-state index in [1.807, 2.05) is 24.3 Å². The lowest BCUT2D eigenvalue weighted by atomic mass is 9.98. The molecule has 36 heavy (non-hydrogen) atoms. The molecule has 2 heterocycles. The Morgan fingerprint density at radius 1 is 0.972 bits per heavy atom. The monoisotopic (exact) mass is 499 g/mol. The number of carbonyl (C=O) groups excluding carboxylic acids is 1. The fraction of sp³-hybridized carbons (Fsp3) is 0.179. The maximum atomic E-state index is 13.1. The van der Waals surface area contributed by atoms with Crippen molar-refractivity contribution < 1.29 is 19.4 Å². The van der Waals surface area contributed by atoms with Crippen LogP contribution in [0.4, 0.5) is 4.79 Å². The van der Waals surface area contributed by atoms with Gasteiger partial charge < -0.3 is 14.7 Å². The summed E-state index contributed by atoms with van der Waals surface area (Å²) in [4.78, 5) is 26.6. The molecule has 2 aliphatic rings. The maximum Gasteiger partial charge on any atom is 0.410 e. The molecule has 6 rings (SSSR count). The molecule has 180 valence electrons. The first-order valence-corrected chi connectivity index (χ1v) is 12.1. The Morgan fingerprint density at radius 3 is 2.25 bits per heavy atom. The van der Waals surface area contributed by atoms with Crippen molar-refractivity contribution in [2.24, 2.45) is 0 Å². The van der Waals surface area contributed by atoms with Crippen molar-refractivity contribution in [2.75, 3.05) is 13.2 Å². The van der Waals surface area contributed by atoms with E-state index in [-0.39, 0.29) is 24.8 Å². The van der Waals surface area contributed by atoms with E-state index in [9.17, 15) is 14.7 Å². The minimum absolute atomic E-state index is 0.0380. The van der Waals surface area contributed by atoms with Crippen molar-refractivity contribution in [1.82, 2.24) is 14.7 Å². The highest BCUT2D eigenvalue weighted by Crippen LogP contribution is 2.44. The second-order valence-electron chi connectivity index (χ2n) is 8.94. The summed E-state index contributed by atoms with van der Waals surface area (Å²) in [5, 5.41) is 14.7. The highest BCUT2D eigenvalue weighted by atomic mass is 35.5. The van der Waals surface area contributed by atoms with E-state index >= 15 is 0 Å². The molecule has 0 spiro atoms. The molecule has 0 saturated carbocycles. The Bertz CT molecular complexity index is 1450. The number of nitrogens with zero attached hydrogens (tertiary/aromatic N) is 3. The van der Waals surface area contributed by atoms with Crippen LogP contribution in [0.3, 0.4) is 0 Å². The van der Waals surface area contributed by atoms with Crippen molar-refractivity contribution in [3.8, 4) is 16.8 Å². The predicted octanol–water partition coefficient (Wildman–Crippen LogP) is 5.53. The molecule has 4 aromatic rings. The molecule has 1 aromatic heterocycles. The summed E-state index contributed by atoms with van der Waals surface area (Å²) in [6.45, 7) is 0.745. The van der Waals surface area contributed by atoms with Gasteiger partial charge in [0.05, 0.1) is 17.9 Å². The van der Waals surface area contributed by atoms with Crippen LogP contribution in [0.1, 0.15) is 38.8 Å². The molecule has 0 fully saturated rings. The van der Waals surface area contributed by atoms with Crippen LogP contribution in [0.5, 0.6) is 0 Å². The summed E-state index contributed by atoms with van der Waals surface area (Å²) in [5.74, 6) is -1.17. The molecule has 1 N–H and O–H groups in total. The number of halogens is 1. The van der Waals surface area contributed by atoms with Gasteiger partial charge in [-0.2, -0.15) is 5.10 Å². The van der Waals surface area contributed by atoms with Crippen molar-refractivity contribution in [3.05, 3.63) is 106 Å². The first-order valence-electron chi connectivity index (χ1n) is 11.7. The molecule has 7 nitrogen and oxygen atoms in total. The number of amides is 1. The number of carboxylic acids is 1. The zero-order chi connectivity index (χ0) is 24.8. The number of benzene rings is 3. The standard InChI is InChI=1S/C28H22ClN3O4/c29-17-9-11-18(12-10-17)32-25-13-14-31(15-23(25)26(30-32)27(33)34)28(35)36-16-24-21-7-3-1-5-19(21)20-6-2-4-8-22(20)24/h1-12,24H,13-16H2,(H,33,34). The molecule has 1 amide bonds. The van der Waals surface area contributed by atoms with Crippen LogP contribution < -0.4 is 0 Å². The predicted molar refractivity (Wildman–Crippen MR) is 135 cm³/mol. The van der Waals surface area contributed by atoms with Crippen LogP contribution in [0, 0.1) is 0 Å². The van der Waals surface area contributed by atoms with E-state index in [0.717, 1.165) is 33.6 Å². The quantitative estimate of drug-likeness (QED) is 0.399. The number of carboxylic acid groups (broad SMARTS) is 1. The van der Waals surface area contributed by atoms with Gasteiger partial charge in [0.1, 0.15) is 6.61 Å². The number of fused-ring (bicyclic) bond motifs is 4. The normalized spacial score (nSPS) is 14.2. The molecule has 1 aliphatic heterocycles. The van der Waals surface area contributed by atoms with Gasteiger partial charge in [-0.15, -0.1) is 0 Å². The van der Waals surface area contributed by atoms with Gasteiger partial charge in [0.2, 0.25) is 0 Å². The third-order valence-electron chi connectivity index (χ3n) is 6.93. The van der Waals surface area contributed by atoms with Crippen LogP contribution in [0.15, 0.2) is 72.8 Å². The van der Waals surface area contributed by atoms with Crippen LogP contribution in [-0.2, 0) is 17.7 Å². The highest BCUT2D eigenvalue weighted by molar-refractivity contribution is 6.30. The smallest absolute Gasteiger partial charge is 0.410 e. The summed E-state index contributed by atoms with van der Waals surface area (Å²) in [6.07, 6.45) is 0.000651. The third kappa shape index (κ3) is 3.72. The van der Waals surface area contributed by atoms with Crippen LogP contribution in [0.25, 0.3) is 16.8 Å². The first kappa shape index (κ1) is 22.4. The Labute approximate surface area is 212 Å². The Hall–Kier alpha value is -4.10. The number of aromatic carboxylic acids is 1. The van der Waals surface area contributed by atoms with Crippen LogP contribution in [-0.4, -0.2) is 45.0 Å². The molecular weight excluding hydrogens is 478 g/mol. The lowest BCUT2D eigenvalue weighted by Crippen LogP contribution is -2.37. The summed E-state index contributed by atoms with van der Waals surface area (Å²) < 4.78 is 7.43. The average Bonchev–Trinajstić information content (AvgIpc) is 3.44. The van der Waals surface area contributed by atoms with Crippen LogP contribution in [0.2, 0.25) is 5.02 Å². The number of hydrogen-bond acceptors (Lipinski definition) is 4. The molecule has 0 unspecified atom stereocenters. The number of rotatable bonds is 4. The molecule has 0 radical (unpaired) electrons. The van der Waals surface area contributed by atoms with Gasteiger partial charge in [-0.3, -0.25) is 0 Å². The van der Waals surface area contributed by atoms with Crippen molar-refractivity contribution in [2.45, 2.75) is 18.9 Å². The van der Waals surface area contributed by atoms with Crippen molar-refractivity contribution in [3.63, 3.8) is 0 Å². The van der Waals surface area contributed by atoms with E-state index in [0.29, 0.717) is 23.6 Å². The zero-order valence-corrected chi connectivity index (χ0v) is 20.0. The third-order valence-corrected chi connectivity index (χ3v) is 7.18. The zero-order valence-electron chi connectivity index (χ0n) is 19.2. The molecule has 0 atom stereocenters. The van der Waals surface area contributed by atoms with Crippen molar-refractivity contribution >= 4 is 23.7 Å². The Morgan fingerprint density at radius 2 is 1.61 bits per heavy atom. The lowest BCUT2D eigenvalue weighted by molar-refractivity contribution is 0.0683. The topological polar surface area (TPSA) is 84.7 Å². The van der Waals surface area contributed by atoms with E-state index in [1.54, 1.807) is 33.8 Å². The summed E-state index contributed by atoms with van der Waals surface area (Å²) in [5.41, 5.74) is 6.58. The number of ether oxygens (including phenoxy) is 1. The fourth-order valence-electron chi connectivity index (χ4n) is 5.23. The lowest BCUT2D eigenvalue weighted by Gasteiger charge is -2.27. The van der Waals surface area contributed by atoms with Gasteiger partial charge >= 0.3 is 12.1 Å². The molecular formula is C28H22ClN3O4. The largest absolute Gasteiger partial charge is 0.476 e. The van der Waals surface area contributed by atoms with E-state index in [2.05, 4.69) is 29.4 Å². The SMILES string of the molecule is O=C(O)c1nn(-c2ccc(Cl)cc2)c2c1CN(C(=O)OCC1c3ccccc3-c3ccccc31)CC2. The Kier molecular flexibility index (Phi) is 5.49. The first-order chi connectivity index (χ1) is 17.5. The van der Waals surface area contributed by atoms with Gasteiger partial charge in [0, 0.05) is 29.5 Å². The minimum atomic E-state index is -1.13. The molecule has 1 aliphatic carbocycles. The number of carbonyl (C=O) groups is 2. The fourth-order valence-corrected chi connectivity index (χ4v) is 5.35. The van der Waals surface area contributed by atoms with Gasteiger partial charge in [-0.05, 0) is 46.5 Å². The maximum absolute atomic E-state index is 13.1. The molecule has 3 aromatic carbocycles. The summed E-state index contributed by atoms with van der Waals surface area (Å²) >= 11 is 6.00. The second-order valence-corrected chi connectivity index (χ2v) is 9.38. The highest BCUT2D eigenvalue weighted by Gasteiger charge is 2.33.